The summed E-state index contributed by atoms with van der Waals surface area (Å²) < 4.78 is 1.78. The Morgan fingerprint density at radius 1 is 1.00 bits per heavy atom. The Kier molecular flexibility index (Phi) is 5.21. The summed E-state index contributed by atoms with van der Waals surface area (Å²) in [5.74, 6) is 0.897. The summed E-state index contributed by atoms with van der Waals surface area (Å²) >= 11 is 1.52. The van der Waals surface area contributed by atoms with E-state index in [0.717, 1.165) is 41.0 Å². The number of hydrogen-bond donors (Lipinski definition) is 0. The maximum Gasteiger partial charge on any atom is 0.274 e. The number of carbonyl (C=O) groups excluding carboxylic acids is 1. The van der Waals surface area contributed by atoms with Crippen LogP contribution in [0.2, 0.25) is 0 Å². The smallest absolute Gasteiger partial charge is 0.274 e. The van der Waals surface area contributed by atoms with E-state index in [0.29, 0.717) is 18.8 Å². The topological polar surface area (TPSA) is 67.2 Å². The second-order valence-electron chi connectivity index (χ2n) is 7.43. The number of rotatable bonds is 4. The van der Waals surface area contributed by atoms with E-state index in [1.165, 1.54) is 11.3 Å². The van der Waals surface area contributed by atoms with Crippen LogP contribution in [0.15, 0.2) is 66.2 Å². The van der Waals surface area contributed by atoms with Crippen molar-refractivity contribution in [3.8, 4) is 16.4 Å². The highest BCUT2D eigenvalue weighted by molar-refractivity contribution is 7.12. The molecule has 3 aromatic heterocycles. The molecule has 0 spiro atoms. The summed E-state index contributed by atoms with van der Waals surface area (Å²) in [5.41, 5.74) is 3.25. The second kappa shape index (κ2) is 8.31. The van der Waals surface area contributed by atoms with Crippen molar-refractivity contribution in [1.29, 1.82) is 0 Å². The Balaban J connectivity index is 1.40. The Morgan fingerprint density at radius 2 is 1.77 bits per heavy atom. The van der Waals surface area contributed by atoms with Gasteiger partial charge in [0.05, 0.1) is 11.4 Å². The van der Waals surface area contributed by atoms with Crippen molar-refractivity contribution in [1.82, 2.24) is 24.6 Å². The van der Waals surface area contributed by atoms with Crippen molar-refractivity contribution in [2.75, 3.05) is 31.1 Å². The van der Waals surface area contributed by atoms with Gasteiger partial charge in [0.2, 0.25) is 5.13 Å². The molecule has 7 nitrogen and oxygen atoms in total. The maximum atomic E-state index is 13.3. The molecule has 1 saturated heterocycles. The van der Waals surface area contributed by atoms with Crippen LogP contribution in [0.5, 0.6) is 0 Å². The molecule has 0 unspecified atom stereocenters. The van der Waals surface area contributed by atoms with Gasteiger partial charge in [-0.05, 0) is 25.1 Å². The highest BCUT2D eigenvalue weighted by atomic mass is 32.1. The minimum absolute atomic E-state index is 0.0510. The van der Waals surface area contributed by atoms with E-state index >= 15 is 0 Å². The lowest BCUT2D eigenvalue weighted by Crippen LogP contribution is -2.49. The van der Waals surface area contributed by atoms with Crippen LogP contribution < -0.4 is 4.90 Å². The zero-order valence-corrected chi connectivity index (χ0v) is 18.0. The fourth-order valence-corrected chi connectivity index (χ4v) is 4.49. The number of hydrogen-bond acceptors (Lipinski definition) is 6. The molecule has 0 radical (unpaired) electrons. The first-order valence-corrected chi connectivity index (χ1v) is 11.1. The standard InChI is InChI=1S/C23H22N6OS/c1-17-16-31-23(25-17)29-20(18-7-3-2-4-8-18)15-19(26-29)22(30)28-13-11-27(12-14-28)21-9-5-6-10-24-21/h2-10,15-16H,11-14H2,1H3. The largest absolute Gasteiger partial charge is 0.353 e. The number of nitrogens with zero attached hydrogens (tertiary/aromatic N) is 6. The third kappa shape index (κ3) is 3.94. The van der Waals surface area contributed by atoms with Gasteiger partial charge < -0.3 is 9.80 Å². The summed E-state index contributed by atoms with van der Waals surface area (Å²) in [7, 11) is 0. The molecule has 31 heavy (non-hydrogen) atoms. The molecular formula is C23H22N6OS. The molecular weight excluding hydrogens is 408 g/mol. The molecule has 8 heteroatoms. The van der Waals surface area contributed by atoms with E-state index in [2.05, 4.69) is 20.0 Å². The highest BCUT2D eigenvalue weighted by Crippen LogP contribution is 2.26. The lowest BCUT2D eigenvalue weighted by atomic mass is 10.1. The molecule has 1 aromatic carbocycles. The van der Waals surface area contributed by atoms with Gasteiger partial charge in [-0.3, -0.25) is 4.79 Å². The van der Waals surface area contributed by atoms with Crippen molar-refractivity contribution in [3.63, 3.8) is 0 Å². The van der Waals surface area contributed by atoms with E-state index in [1.807, 2.05) is 71.8 Å². The number of amides is 1. The molecule has 4 aromatic rings. The van der Waals surface area contributed by atoms with Gasteiger partial charge in [0.15, 0.2) is 5.69 Å². The minimum atomic E-state index is -0.0510. The molecule has 1 aliphatic rings. The quantitative estimate of drug-likeness (QED) is 0.494. The first-order valence-electron chi connectivity index (χ1n) is 10.2. The number of benzene rings is 1. The van der Waals surface area contributed by atoms with Crippen molar-refractivity contribution < 1.29 is 4.79 Å². The maximum absolute atomic E-state index is 13.3. The molecule has 1 aliphatic heterocycles. The first kappa shape index (κ1) is 19.4. The van der Waals surface area contributed by atoms with E-state index in [9.17, 15) is 4.79 Å². The summed E-state index contributed by atoms with van der Waals surface area (Å²) in [5, 5.41) is 7.42. The van der Waals surface area contributed by atoms with Crippen LogP contribution in [0.4, 0.5) is 5.82 Å². The van der Waals surface area contributed by atoms with E-state index < -0.39 is 0 Å². The summed E-state index contributed by atoms with van der Waals surface area (Å²) in [6.07, 6.45) is 1.80. The molecule has 0 saturated carbocycles. The molecule has 4 heterocycles. The fraction of sp³-hybridized carbons (Fsp3) is 0.217. The van der Waals surface area contributed by atoms with Crippen LogP contribution in [0.3, 0.4) is 0 Å². The third-order valence-corrected chi connectivity index (χ3v) is 6.26. The van der Waals surface area contributed by atoms with E-state index in [-0.39, 0.29) is 5.91 Å². The van der Waals surface area contributed by atoms with Crippen molar-refractivity contribution in [3.05, 3.63) is 77.6 Å². The average molecular weight is 431 g/mol. The van der Waals surface area contributed by atoms with Gasteiger partial charge in [0.1, 0.15) is 5.82 Å². The van der Waals surface area contributed by atoms with Crippen LogP contribution in [0.1, 0.15) is 16.2 Å². The van der Waals surface area contributed by atoms with Crippen molar-refractivity contribution in [2.24, 2.45) is 0 Å². The number of carbonyl (C=O) groups is 1. The molecule has 0 N–H and O–H groups in total. The molecule has 0 aliphatic carbocycles. The monoisotopic (exact) mass is 430 g/mol. The second-order valence-corrected chi connectivity index (χ2v) is 8.27. The molecule has 5 rings (SSSR count). The van der Waals surface area contributed by atoms with Crippen LogP contribution in [0.25, 0.3) is 16.4 Å². The van der Waals surface area contributed by atoms with Crippen molar-refractivity contribution in [2.45, 2.75) is 6.92 Å². The zero-order valence-electron chi connectivity index (χ0n) is 17.2. The Hall–Kier alpha value is -3.52. The number of pyridine rings is 1. The lowest BCUT2D eigenvalue weighted by molar-refractivity contribution is 0.0740. The van der Waals surface area contributed by atoms with Gasteiger partial charge in [-0.1, -0.05) is 36.4 Å². The summed E-state index contributed by atoms with van der Waals surface area (Å²) in [4.78, 5) is 26.3. The molecule has 156 valence electrons. The fourth-order valence-electron chi connectivity index (χ4n) is 3.73. The average Bonchev–Trinajstić information content (AvgIpc) is 3.46. The summed E-state index contributed by atoms with van der Waals surface area (Å²) in [6, 6.07) is 17.8. The van der Waals surface area contributed by atoms with Crippen molar-refractivity contribution >= 4 is 23.1 Å². The highest BCUT2D eigenvalue weighted by Gasteiger charge is 2.26. The lowest BCUT2D eigenvalue weighted by Gasteiger charge is -2.35. The summed E-state index contributed by atoms with van der Waals surface area (Å²) in [6.45, 7) is 4.73. The number of thiazole rings is 1. The Morgan fingerprint density at radius 3 is 2.45 bits per heavy atom. The molecule has 1 amide bonds. The number of piperazine rings is 1. The minimum Gasteiger partial charge on any atom is -0.353 e. The number of aromatic nitrogens is 4. The van der Waals surface area contributed by atoms with Gasteiger partial charge in [0.25, 0.3) is 5.91 Å². The van der Waals surface area contributed by atoms with E-state index in [1.54, 1.807) is 10.9 Å². The molecule has 0 atom stereocenters. The zero-order chi connectivity index (χ0) is 21.2. The number of anilines is 1. The van der Waals surface area contributed by atoms with Crippen LogP contribution in [-0.2, 0) is 0 Å². The van der Waals surface area contributed by atoms with Gasteiger partial charge >= 0.3 is 0 Å². The van der Waals surface area contributed by atoms with Crippen LogP contribution in [-0.4, -0.2) is 56.7 Å². The van der Waals surface area contributed by atoms with Crippen LogP contribution in [0, 0.1) is 6.92 Å². The first-order chi connectivity index (χ1) is 15.2. The van der Waals surface area contributed by atoms with E-state index in [4.69, 9.17) is 0 Å². The molecule has 1 fully saturated rings. The van der Waals surface area contributed by atoms with Gasteiger partial charge in [-0.25, -0.2) is 14.6 Å². The van der Waals surface area contributed by atoms with Gasteiger partial charge in [0, 0.05) is 43.3 Å². The third-order valence-electron chi connectivity index (χ3n) is 5.33. The molecule has 0 bridgehead atoms. The predicted octanol–water partition coefficient (Wildman–Crippen LogP) is 3.66. The Bertz CT molecular complexity index is 1180. The van der Waals surface area contributed by atoms with Crippen LogP contribution >= 0.6 is 11.3 Å². The Labute approximate surface area is 184 Å². The predicted molar refractivity (Wildman–Crippen MR) is 122 cm³/mol. The number of aryl methyl sites for hydroxylation is 1. The SMILES string of the molecule is Cc1csc(-n2nc(C(=O)N3CCN(c4ccccn4)CC3)cc2-c2ccccc2)n1. The normalized spacial score (nSPS) is 14.1. The van der Waals surface area contributed by atoms with Gasteiger partial charge in [-0.15, -0.1) is 11.3 Å². The van der Waals surface area contributed by atoms with Gasteiger partial charge in [-0.2, -0.15) is 5.10 Å².